The first-order chi connectivity index (χ1) is 8.66. The van der Waals surface area contributed by atoms with Gasteiger partial charge in [-0.2, -0.15) is 0 Å². The van der Waals surface area contributed by atoms with Crippen molar-refractivity contribution in [2.24, 2.45) is 0 Å². The highest BCUT2D eigenvalue weighted by Gasteiger charge is 2.27. The summed E-state index contributed by atoms with van der Waals surface area (Å²) in [7, 11) is 0. The Morgan fingerprint density at radius 2 is 1.94 bits per heavy atom. The van der Waals surface area contributed by atoms with Crippen LogP contribution in [-0.2, 0) is 16.0 Å². The van der Waals surface area contributed by atoms with E-state index in [1.165, 1.54) is 0 Å². The summed E-state index contributed by atoms with van der Waals surface area (Å²) in [6.07, 6.45) is 0.530. The Labute approximate surface area is 115 Å². The summed E-state index contributed by atoms with van der Waals surface area (Å²) in [5.41, 5.74) is 1.04. The molecule has 1 aromatic rings. The fraction of sp³-hybridized carbons (Fsp3) is 0.462. The topological polar surface area (TPSA) is 49.8 Å². The molecule has 1 aliphatic rings. The number of carboxylic acids is 1. The highest BCUT2D eigenvalue weighted by atomic mass is 79.9. The van der Waals surface area contributed by atoms with Gasteiger partial charge in [-0.3, -0.25) is 9.69 Å². The molecule has 0 aliphatic carbocycles. The molecule has 98 valence electrons. The first-order valence-electron chi connectivity index (χ1n) is 5.96. The summed E-state index contributed by atoms with van der Waals surface area (Å²) in [5.74, 6) is -0.764. The molecule has 0 radical (unpaired) electrons. The molecule has 1 aromatic carbocycles. The summed E-state index contributed by atoms with van der Waals surface area (Å²) in [6, 6.07) is 7.33. The van der Waals surface area contributed by atoms with E-state index in [0.29, 0.717) is 32.7 Å². The molecule has 0 bridgehead atoms. The molecule has 18 heavy (non-hydrogen) atoms. The third-order valence-corrected chi connectivity index (χ3v) is 3.64. The van der Waals surface area contributed by atoms with Crippen molar-refractivity contribution in [1.82, 2.24) is 4.90 Å². The Balaban J connectivity index is 2.05. The van der Waals surface area contributed by atoms with E-state index in [1.807, 2.05) is 29.2 Å². The van der Waals surface area contributed by atoms with Crippen LogP contribution < -0.4 is 0 Å². The van der Waals surface area contributed by atoms with Gasteiger partial charge in [-0.05, 0) is 24.1 Å². The van der Waals surface area contributed by atoms with E-state index in [-0.39, 0.29) is 0 Å². The Bertz CT molecular complexity index is 401. The molecule has 1 unspecified atom stereocenters. The molecule has 5 heteroatoms. The van der Waals surface area contributed by atoms with Gasteiger partial charge in [-0.1, -0.05) is 28.1 Å². The predicted octanol–water partition coefficient (Wildman–Crippen LogP) is 1.78. The highest BCUT2D eigenvalue weighted by Crippen LogP contribution is 2.15. The van der Waals surface area contributed by atoms with Crippen LogP contribution in [0.1, 0.15) is 5.56 Å². The minimum atomic E-state index is -0.764. The number of morpholine rings is 1. The van der Waals surface area contributed by atoms with E-state index in [4.69, 9.17) is 4.74 Å². The molecule has 0 aromatic heterocycles. The third kappa shape index (κ3) is 3.54. The van der Waals surface area contributed by atoms with Crippen LogP contribution in [0.2, 0.25) is 0 Å². The van der Waals surface area contributed by atoms with Gasteiger partial charge in [0.15, 0.2) is 0 Å². The Morgan fingerprint density at radius 3 is 2.50 bits per heavy atom. The van der Waals surface area contributed by atoms with Gasteiger partial charge >= 0.3 is 5.97 Å². The van der Waals surface area contributed by atoms with Gasteiger partial charge in [0.1, 0.15) is 6.04 Å². The van der Waals surface area contributed by atoms with E-state index >= 15 is 0 Å². The summed E-state index contributed by atoms with van der Waals surface area (Å²) in [5, 5.41) is 9.35. The SMILES string of the molecule is O=C(O)C(Cc1ccc(Br)cc1)N1CCOCC1. The second-order valence-electron chi connectivity index (χ2n) is 4.33. The average Bonchev–Trinajstić information content (AvgIpc) is 2.38. The zero-order valence-corrected chi connectivity index (χ0v) is 11.6. The number of hydrogen-bond donors (Lipinski definition) is 1. The van der Waals surface area contributed by atoms with Crippen LogP contribution in [0.5, 0.6) is 0 Å². The van der Waals surface area contributed by atoms with Gasteiger partial charge < -0.3 is 9.84 Å². The lowest BCUT2D eigenvalue weighted by Gasteiger charge is -2.31. The number of rotatable bonds is 4. The number of aliphatic carboxylic acids is 1. The van der Waals surface area contributed by atoms with Crippen LogP contribution >= 0.6 is 15.9 Å². The average molecular weight is 314 g/mol. The van der Waals surface area contributed by atoms with Gasteiger partial charge in [0, 0.05) is 17.6 Å². The first kappa shape index (κ1) is 13.5. The number of ether oxygens (including phenoxy) is 1. The van der Waals surface area contributed by atoms with E-state index in [1.54, 1.807) is 0 Å². The second kappa shape index (κ2) is 6.31. The molecule has 1 fully saturated rings. The minimum Gasteiger partial charge on any atom is -0.480 e. The van der Waals surface area contributed by atoms with E-state index in [0.717, 1.165) is 10.0 Å². The number of carbonyl (C=O) groups is 1. The number of hydrogen-bond acceptors (Lipinski definition) is 3. The molecular formula is C13H16BrNO3. The minimum absolute atomic E-state index is 0.463. The fourth-order valence-corrected chi connectivity index (χ4v) is 2.37. The molecule has 1 N–H and O–H groups in total. The lowest BCUT2D eigenvalue weighted by Crippen LogP contribution is -2.48. The third-order valence-electron chi connectivity index (χ3n) is 3.11. The van der Waals surface area contributed by atoms with Gasteiger partial charge in [-0.15, -0.1) is 0 Å². The van der Waals surface area contributed by atoms with E-state index in [2.05, 4.69) is 15.9 Å². The van der Waals surface area contributed by atoms with Gasteiger partial charge in [0.05, 0.1) is 13.2 Å². The quantitative estimate of drug-likeness (QED) is 0.920. The molecule has 0 saturated carbocycles. The van der Waals surface area contributed by atoms with Crippen molar-refractivity contribution in [1.29, 1.82) is 0 Å². The normalized spacial score (nSPS) is 18.5. The summed E-state index contributed by atoms with van der Waals surface area (Å²) >= 11 is 3.37. The highest BCUT2D eigenvalue weighted by molar-refractivity contribution is 9.10. The van der Waals surface area contributed by atoms with Crippen molar-refractivity contribution in [2.45, 2.75) is 12.5 Å². The van der Waals surface area contributed by atoms with Crippen molar-refractivity contribution in [2.75, 3.05) is 26.3 Å². The number of nitrogens with zero attached hydrogens (tertiary/aromatic N) is 1. The monoisotopic (exact) mass is 313 g/mol. The van der Waals surface area contributed by atoms with Crippen molar-refractivity contribution < 1.29 is 14.6 Å². The summed E-state index contributed by atoms with van der Waals surface area (Å²) in [6.45, 7) is 2.61. The van der Waals surface area contributed by atoms with Crippen LogP contribution in [0, 0.1) is 0 Å². The Kier molecular flexibility index (Phi) is 4.74. The zero-order valence-electron chi connectivity index (χ0n) is 10.0. The maximum absolute atomic E-state index is 11.4. The lowest BCUT2D eigenvalue weighted by molar-refractivity contribution is -0.145. The standard InChI is InChI=1S/C13H16BrNO3/c14-11-3-1-10(2-4-11)9-12(13(16)17)15-5-7-18-8-6-15/h1-4,12H,5-9H2,(H,16,17). The van der Waals surface area contributed by atoms with Crippen molar-refractivity contribution >= 4 is 21.9 Å². The number of benzene rings is 1. The second-order valence-corrected chi connectivity index (χ2v) is 5.25. The summed E-state index contributed by atoms with van der Waals surface area (Å²) in [4.78, 5) is 13.4. The van der Waals surface area contributed by atoms with Crippen LogP contribution in [-0.4, -0.2) is 48.3 Å². The van der Waals surface area contributed by atoms with Gasteiger partial charge in [0.25, 0.3) is 0 Å². The molecular weight excluding hydrogens is 298 g/mol. The largest absolute Gasteiger partial charge is 0.480 e. The van der Waals surface area contributed by atoms with Crippen molar-refractivity contribution in [3.05, 3.63) is 34.3 Å². The van der Waals surface area contributed by atoms with Crippen molar-refractivity contribution in [3.63, 3.8) is 0 Å². The number of carboxylic acid groups (broad SMARTS) is 1. The molecule has 4 nitrogen and oxygen atoms in total. The molecule has 1 aliphatic heterocycles. The molecule has 1 saturated heterocycles. The molecule has 0 spiro atoms. The fourth-order valence-electron chi connectivity index (χ4n) is 2.11. The maximum atomic E-state index is 11.4. The zero-order chi connectivity index (χ0) is 13.0. The van der Waals surface area contributed by atoms with Crippen LogP contribution in [0.3, 0.4) is 0 Å². The summed E-state index contributed by atoms with van der Waals surface area (Å²) < 4.78 is 6.26. The van der Waals surface area contributed by atoms with Crippen molar-refractivity contribution in [3.8, 4) is 0 Å². The van der Waals surface area contributed by atoms with E-state index < -0.39 is 12.0 Å². The van der Waals surface area contributed by atoms with Gasteiger partial charge in [0.2, 0.25) is 0 Å². The number of halogens is 1. The first-order valence-corrected chi connectivity index (χ1v) is 6.75. The van der Waals surface area contributed by atoms with Crippen LogP contribution in [0.15, 0.2) is 28.7 Å². The van der Waals surface area contributed by atoms with E-state index in [9.17, 15) is 9.90 Å². The van der Waals surface area contributed by atoms with Gasteiger partial charge in [-0.25, -0.2) is 0 Å². The maximum Gasteiger partial charge on any atom is 0.321 e. The Hall–Kier alpha value is -0.910. The molecule has 0 amide bonds. The molecule has 1 atom stereocenters. The lowest BCUT2D eigenvalue weighted by atomic mass is 10.0. The smallest absolute Gasteiger partial charge is 0.321 e. The Morgan fingerprint density at radius 1 is 1.33 bits per heavy atom. The van der Waals surface area contributed by atoms with Crippen LogP contribution in [0.4, 0.5) is 0 Å². The molecule has 2 rings (SSSR count). The predicted molar refractivity (Wildman–Crippen MR) is 71.7 cm³/mol. The van der Waals surface area contributed by atoms with Crippen LogP contribution in [0.25, 0.3) is 0 Å². The molecule has 1 heterocycles.